The van der Waals surface area contributed by atoms with Gasteiger partial charge in [-0.15, -0.1) is 0 Å². The van der Waals surface area contributed by atoms with E-state index in [-0.39, 0.29) is 0 Å². The van der Waals surface area contributed by atoms with Crippen molar-refractivity contribution in [2.45, 2.75) is 31.6 Å². The molecule has 3 rings (SSSR count). The lowest BCUT2D eigenvalue weighted by molar-refractivity contribution is 0.626. The van der Waals surface area contributed by atoms with Gasteiger partial charge in [0.2, 0.25) is 0 Å². The third-order valence-electron chi connectivity index (χ3n) is 4.38. The van der Waals surface area contributed by atoms with Gasteiger partial charge in [0.15, 0.2) is 0 Å². The fourth-order valence-electron chi connectivity index (χ4n) is 3.16. The minimum atomic E-state index is 0.500. The molecule has 115 valence electrons. The summed E-state index contributed by atoms with van der Waals surface area (Å²) in [4.78, 5) is 0. The van der Waals surface area contributed by atoms with Gasteiger partial charge in [-0.1, -0.05) is 91.3 Å². The van der Waals surface area contributed by atoms with E-state index in [1.54, 1.807) is 0 Å². The van der Waals surface area contributed by atoms with Crippen LogP contribution in [0.1, 0.15) is 41.9 Å². The SMILES string of the molecule is [c]1cccc(CCCCC(c2ccccc2)c2ccccc2)c1. The molecule has 0 nitrogen and oxygen atoms in total. The molecule has 0 amide bonds. The summed E-state index contributed by atoms with van der Waals surface area (Å²) in [5, 5.41) is 0. The van der Waals surface area contributed by atoms with Crippen LogP contribution in [0.2, 0.25) is 0 Å². The van der Waals surface area contributed by atoms with E-state index in [0.29, 0.717) is 5.92 Å². The van der Waals surface area contributed by atoms with Crippen molar-refractivity contribution in [3.05, 3.63) is 108 Å². The van der Waals surface area contributed by atoms with Crippen LogP contribution >= 0.6 is 0 Å². The van der Waals surface area contributed by atoms with Gasteiger partial charge < -0.3 is 0 Å². The molecule has 1 radical (unpaired) electrons. The first-order chi connectivity index (χ1) is 11.4. The molecule has 3 aromatic carbocycles. The van der Waals surface area contributed by atoms with Gasteiger partial charge in [-0.3, -0.25) is 0 Å². The standard InChI is InChI=1S/C23H23/c1-4-12-20(13-5-1)14-10-11-19-23(21-15-6-2-7-16-21)22-17-8-3-9-18-22/h1-4,6-9,12-13,15-18,23H,10-11,14,19H2. The molecule has 0 aromatic heterocycles. The zero-order valence-electron chi connectivity index (χ0n) is 13.5. The number of unbranched alkanes of at least 4 members (excludes halogenated alkanes) is 1. The van der Waals surface area contributed by atoms with Gasteiger partial charge in [-0.25, -0.2) is 0 Å². The van der Waals surface area contributed by atoms with Gasteiger partial charge in [-0.05, 0) is 42.0 Å². The number of benzene rings is 3. The monoisotopic (exact) mass is 299 g/mol. The molecule has 0 bridgehead atoms. The van der Waals surface area contributed by atoms with Crippen molar-refractivity contribution in [3.63, 3.8) is 0 Å². The third kappa shape index (κ3) is 4.56. The Balaban J connectivity index is 1.63. The van der Waals surface area contributed by atoms with Crippen LogP contribution in [0.25, 0.3) is 0 Å². The zero-order chi connectivity index (χ0) is 15.7. The summed E-state index contributed by atoms with van der Waals surface area (Å²) in [6, 6.07) is 33.3. The molecule has 0 aliphatic rings. The second-order valence-corrected chi connectivity index (χ2v) is 6.03. The summed E-state index contributed by atoms with van der Waals surface area (Å²) in [5.41, 5.74) is 4.24. The molecule has 0 unspecified atom stereocenters. The Morgan fingerprint density at radius 3 is 1.91 bits per heavy atom. The summed E-state index contributed by atoms with van der Waals surface area (Å²) in [7, 11) is 0. The van der Waals surface area contributed by atoms with Gasteiger partial charge in [0.25, 0.3) is 0 Å². The highest BCUT2D eigenvalue weighted by Gasteiger charge is 2.13. The highest BCUT2D eigenvalue weighted by Crippen LogP contribution is 2.29. The summed E-state index contributed by atoms with van der Waals surface area (Å²) < 4.78 is 0. The lowest BCUT2D eigenvalue weighted by Gasteiger charge is -2.18. The number of hydrogen-bond acceptors (Lipinski definition) is 0. The predicted octanol–water partition coefficient (Wildman–Crippen LogP) is 6.03. The second-order valence-electron chi connectivity index (χ2n) is 6.03. The van der Waals surface area contributed by atoms with E-state index < -0.39 is 0 Å². The van der Waals surface area contributed by atoms with E-state index in [1.165, 1.54) is 36.0 Å². The first-order valence-electron chi connectivity index (χ1n) is 8.48. The summed E-state index contributed by atoms with van der Waals surface area (Å²) >= 11 is 0. The zero-order valence-corrected chi connectivity index (χ0v) is 13.5. The van der Waals surface area contributed by atoms with Crippen molar-refractivity contribution in [1.82, 2.24) is 0 Å². The molecule has 0 spiro atoms. The van der Waals surface area contributed by atoms with Crippen LogP contribution in [0, 0.1) is 6.07 Å². The van der Waals surface area contributed by atoms with Gasteiger partial charge in [-0.2, -0.15) is 0 Å². The number of hydrogen-bond donors (Lipinski definition) is 0. The molecule has 0 heteroatoms. The summed E-state index contributed by atoms with van der Waals surface area (Å²) in [6.07, 6.45) is 4.82. The molecule has 0 aliphatic heterocycles. The Morgan fingerprint density at radius 2 is 1.35 bits per heavy atom. The van der Waals surface area contributed by atoms with Crippen LogP contribution in [0.15, 0.2) is 84.9 Å². The van der Waals surface area contributed by atoms with Crippen molar-refractivity contribution in [2.75, 3.05) is 0 Å². The minimum absolute atomic E-state index is 0.500. The van der Waals surface area contributed by atoms with E-state index in [4.69, 9.17) is 0 Å². The molecular formula is C23H23. The molecule has 3 aromatic rings. The summed E-state index contributed by atoms with van der Waals surface area (Å²) in [6.45, 7) is 0. The van der Waals surface area contributed by atoms with Crippen LogP contribution in [0.3, 0.4) is 0 Å². The molecule has 0 saturated heterocycles. The van der Waals surface area contributed by atoms with Crippen molar-refractivity contribution < 1.29 is 0 Å². The molecule has 23 heavy (non-hydrogen) atoms. The lowest BCUT2D eigenvalue weighted by atomic mass is 9.86. The van der Waals surface area contributed by atoms with Crippen molar-refractivity contribution in [1.29, 1.82) is 0 Å². The Kier molecular flexibility index (Phi) is 5.64. The maximum absolute atomic E-state index is 3.16. The van der Waals surface area contributed by atoms with Gasteiger partial charge in [0.05, 0.1) is 0 Å². The minimum Gasteiger partial charge on any atom is -0.0622 e. The van der Waals surface area contributed by atoms with Crippen LogP contribution in [-0.4, -0.2) is 0 Å². The van der Waals surface area contributed by atoms with Gasteiger partial charge in [0, 0.05) is 5.92 Å². The molecule has 0 aliphatic carbocycles. The largest absolute Gasteiger partial charge is 0.0622 e. The number of rotatable bonds is 7. The smallest absolute Gasteiger partial charge is 0.00893 e. The predicted molar refractivity (Wildman–Crippen MR) is 97.6 cm³/mol. The highest BCUT2D eigenvalue weighted by atomic mass is 14.2. The van der Waals surface area contributed by atoms with E-state index in [1.807, 2.05) is 6.07 Å². The van der Waals surface area contributed by atoms with Gasteiger partial charge >= 0.3 is 0 Å². The molecule has 0 saturated carbocycles. The quantitative estimate of drug-likeness (QED) is 0.467. The van der Waals surface area contributed by atoms with Crippen LogP contribution in [0.4, 0.5) is 0 Å². The van der Waals surface area contributed by atoms with E-state index in [0.717, 1.165) is 6.42 Å². The van der Waals surface area contributed by atoms with E-state index >= 15 is 0 Å². The fourth-order valence-corrected chi connectivity index (χ4v) is 3.16. The van der Waals surface area contributed by atoms with Crippen molar-refractivity contribution in [3.8, 4) is 0 Å². The third-order valence-corrected chi connectivity index (χ3v) is 4.38. The van der Waals surface area contributed by atoms with E-state index in [9.17, 15) is 0 Å². The second kappa shape index (κ2) is 8.33. The average Bonchev–Trinajstić information content (AvgIpc) is 2.64. The Hall–Kier alpha value is -2.34. The maximum Gasteiger partial charge on any atom is 0.00893 e. The van der Waals surface area contributed by atoms with Crippen LogP contribution < -0.4 is 0 Å². The highest BCUT2D eigenvalue weighted by molar-refractivity contribution is 5.32. The van der Waals surface area contributed by atoms with Gasteiger partial charge in [0.1, 0.15) is 0 Å². The first-order valence-corrected chi connectivity index (χ1v) is 8.48. The Labute approximate surface area is 139 Å². The Bertz CT molecular complexity index is 632. The Morgan fingerprint density at radius 1 is 0.696 bits per heavy atom. The summed E-state index contributed by atoms with van der Waals surface area (Å²) in [5.74, 6) is 0.500. The number of aryl methyl sites for hydroxylation is 1. The average molecular weight is 299 g/mol. The first kappa shape index (κ1) is 15.6. The van der Waals surface area contributed by atoms with Crippen molar-refractivity contribution in [2.24, 2.45) is 0 Å². The molecule has 0 heterocycles. The molecular weight excluding hydrogens is 276 g/mol. The van der Waals surface area contributed by atoms with E-state index in [2.05, 4.69) is 84.9 Å². The molecule has 0 N–H and O–H groups in total. The molecule has 0 atom stereocenters. The fraction of sp³-hybridized carbons (Fsp3) is 0.217. The molecule has 0 fully saturated rings. The normalized spacial score (nSPS) is 10.8. The lowest BCUT2D eigenvalue weighted by Crippen LogP contribution is -2.01. The maximum atomic E-state index is 3.16. The van der Waals surface area contributed by atoms with Crippen molar-refractivity contribution >= 4 is 0 Å². The van der Waals surface area contributed by atoms with Crippen LogP contribution in [0.5, 0.6) is 0 Å². The topological polar surface area (TPSA) is 0 Å². The van der Waals surface area contributed by atoms with Crippen LogP contribution in [-0.2, 0) is 6.42 Å².